The third kappa shape index (κ3) is 2.77. The number of aromatic nitrogens is 1. The molecule has 0 atom stereocenters. The maximum atomic E-state index is 12.9. The molecule has 0 aliphatic heterocycles. The topological polar surface area (TPSA) is 60.7 Å². The van der Waals surface area contributed by atoms with E-state index in [0.29, 0.717) is 28.8 Å². The molecule has 27 heavy (non-hydrogen) atoms. The van der Waals surface area contributed by atoms with Gasteiger partial charge in [0.15, 0.2) is 16.9 Å². The minimum absolute atomic E-state index is 0.0262. The standard InChI is InChI=1S/C22H19NO4/c1-26-19-11-14(12-20(27-2)22(19)25)13-23-17-9-5-3-7-15(17)21(24)16-8-4-6-10-18(16)23/h3-12,25H,13H2,1-2H3. The van der Waals surface area contributed by atoms with Gasteiger partial charge in [0.05, 0.1) is 25.3 Å². The van der Waals surface area contributed by atoms with Crippen molar-refractivity contribution in [3.05, 3.63) is 76.5 Å². The Morgan fingerprint density at radius 1 is 0.852 bits per heavy atom. The van der Waals surface area contributed by atoms with E-state index in [1.165, 1.54) is 14.2 Å². The van der Waals surface area contributed by atoms with Gasteiger partial charge in [0.25, 0.3) is 0 Å². The number of methoxy groups -OCH3 is 2. The summed E-state index contributed by atoms with van der Waals surface area (Å²) in [6, 6.07) is 18.7. The number of aromatic hydroxyl groups is 1. The molecule has 1 heterocycles. The number of benzene rings is 3. The van der Waals surface area contributed by atoms with Crippen LogP contribution in [0.15, 0.2) is 65.5 Å². The summed E-state index contributed by atoms with van der Waals surface area (Å²) in [5.41, 5.74) is 2.62. The Kier molecular flexibility index (Phi) is 4.20. The number of phenolic OH excluding ortho intramolecular Hbond substituents is 1. The molecule has 0 fully saturated rings. The Morgan fingerprint density at radius 3 is 1.81 bits per heavy atom. The van der Waals surface area contributed by atoms with Gasteiger partial charge in [-0.2, -0.15) is 0 Å². The number of rotatable bonds is 4. The molecule has 0 radical (unpaired) electrons. The van der Waals surface area contributed by atoms with Crippen LogP contribution in [0.3, 0.4) is 0 Å². The second-order valence-electron chi connectivity index (χ2n) is 6.30. The molecule has 4 aromatic rings. The molecule has 0 amide bonds. The number of phenols is 1. The second-order valence-corrected chi connectivity index (χ2v) is 6.30. The first kappa shape index (κ1) is 17.0. The third-order valence-electron chi connectivity index (χ3n) is 4.76. The zero-order valence-electron chi connectivity index (χ0n) is 15.1. The van der Waals surface area contributed by atoms with E-state index in [2.05, 4.69) is 4.57 Å². The highest BCUT2D eigenvalue weighted by atomic mass is 16.5. The lowest BCUT2D eigenvalue weighted by atomic mass is 10.1. The number of ether oxygens (including phenoxy) is 2. The van der Waals surface area contributed by atoms with E-state index in [1.54, 1.807) is 12.1 Å². The lowest BCUT2D eigenvalue weighted by Gasteiger charge is -2.17. The number of fused-ring (bicyclic) bond motifs is 2. The Bertz CT molecular complexity index is 1130. The van der Waals surface area contributed by atoms with Crippen molar-refractivity contribution >= 4 is 21.8 Å². The first-order valence-electron chi connectivity index (χ1n) is 8.58. The predicted octanol–water partition coefficient (Wildman–Crippen LogP) is 3.93. The van der Waals surface area contributed by atoms with Crippen LogP contribution in [0.2, 0.25) is 0 Å². The molecular formula is C22H19NO4. The van der Waals surface area contributed by atoms with E-state index in [0.717, 1.165) is 16.6 Å². The van der Waals surface area contributed by atoms with Gasteiger partial charge in [0.2, 0.25) is 5.75 Å². The first-order chi connectivity index (χ1) is 13.1. The largest absolute Gasteiger partial charge is 0.502 e. The van der Waals surface area contributed by atoms with Gasteiger partial charge in [-0.3, -0.25) is 4.79 Å². The van der Waals surface area contributed by atoms with Crippen LogP contribution < -0.4 is 14.9 Å². The van der Waals surface area contributed by atoms with E-state index < -0.39 is 0 Å². The molecule has 136 valence electrons. The van der Waals surface area contributed by atoms with Crippen LogP contribution in [-0.4, -0.2) is 23.9 Å². The number of pyridine rings is 1. The third-order valence-corrected chi connectivity index (χ3v) is 4.76. The molecule has 0 aliphatic rings. The first-order valence-corrected chi connectivity index (χ1v) is 8.58. The van der Waals surface area contributed by atoms with Crippen LogP contribution >= 0.6 is 0 Å². The molecule has 0 spiro atoms. The minimum Gasteiger partial charge on any atom is -0.502 e. The summed E-state index contributed by atoms with van der Waals surface area (Å²) in [6.45, 7) is 0.494. The summed E-state index contributed by atoms with van der Waals surface area (Å²) in [7, 11) is 3.00. The summed E-state index contributed by atoms with van der Waals surface area (Å²) < 4.78 is 12.6. The molecule has 0 unspecified atom stereocenters. The fraction of sp³-hybridized carbons (Fsp3) is 0.136. The summed E-state index contributed by atoms with van der Waals surface area (Å²) in [4.78, 5) is 12.9. The van der Waals surface area contributed by atoms with Gasteiger partial charge in [-0.15, -0.1) is 0 Å². The van der Waals surface area contributed by atoms with E-state index in [1.807, 2.05) is 48.5 Å². The van der Waals surface area contributed by atoms with Crippen LogP contribution in [0.25, 0.3) is 21.8 Å². The highest BCUT2D eigenvalue weighted by Gasteiger charge is 2.14. The SMILES string of the molecule is COc1cc(Cn2c3ccccc3c(=O)c3ccccc32)cc(OC)c1O. The monoisotopic (exact) mass is 361 g/mol. The zero-order valence-corrected chi connectivity index (χ0v) is 15.1. The summed E-state index contributed by atoms with van der Waals surface area (Å²) in [5.74, 6) is 0.663. The quantitative estimate of drug-likeness (QED) is 0.560. The fourth-order valence-corrected chi connectivity index (χ4v) is 3.47. The summed E-state index contributed by atoms with van der Waals surface area (Å²) in [5, 5.41) is 11.5. The summed E-state index contributed by atoms with van der Waals surface area (Å²) >= 11 is 0. The van der Waals surface area contributed by atoms with Gasteiger partial charge in [-0.1, -0.05) is 24.3 Å². The highest BCUT2D eigenvalue weighted by molar-refractivity contribution is 5.93. The molecular weight excluding hydrogens is 342 g/mol. The van der Waals surface area contributed by atoms with Crippen molar-refractivity contribution < 1.29 is 14.6 Å². The molecule has 5 heteroatoms. The van der Waals surface area contributed by atoms with E-state index in [-0.39, 0.29) is 11.2 Å². The smallest absolute Gasteiger partial charge is 0.200 e. The lowest BCUT2D eigenvalue weighted by Crippen LogP contribution is -2.12. The van der Waals surface area contributed by atoms with E-state index in [4.69, 9.17) is 9.47 Å². The lowest BCUT2D eigenvalue weighted by molar-refractivity contribution is 0.339. The normalized spacial score (nSPS) is 11.0. The molecule has 0 saturated carbocycles. The average Bonchev–Trinajstić information content (AvgIpc) is 2.72. The molecule has 0 aliphatic carbocycles. The van der Waals surface area contributed by atoms with E-state index >= 15 is 0 Å². The summed E-state index contributed by atoms with van der Waals surface area (Å²) in [6.07, 6.45) is 0. The Hall–Kier alpha value is -3.47. The van der Waals surface area contributed by atoms with Crippen molar-refractivity contribution in [1.82, 2.24) is 4.57 Å². The Morgan fingerprint density at radius 2 is 1.33 bits per heavy atom. The molecule has 5 nitrogen and oxygen atoms in total. The van der Waals surface area contributed by atoms with Gasteiger partial charge in [0, 0.05) is 17.3 Å². The zero-order chi connectivity index (χ0) is 19.0. The molecule has 0 saturated heterocycles. The van der Waals surface area contributed by atoms with Crippen LogP contribution in [0.5, 0.6) is 17.2 Å². The number of nitrogens with zero attached hydrogens (tertiary/aromatic N) is 1. The van der Waals surface area contributed by atoms with Crippen molar-refractivity contribution in [2.75, 3.05) is 14.2 Å². The number of hydrogen-bond donors (Lipinski definition) is 1. The molecule has 1 N–H and O–H groups in total. The van der Waals surface area contributed by atoms with Crippen molar-refractivity contribution in [3.63, 3.8) is 0 Å². The second kappa shape index (κ2) is 6.68. The molecule has 4 rings (SSSR count). The Labute approximate surface area is 156 Å². The molecule has 3 aromatic carbocycles. The molecule has 0 bridgehead atoms. The van der Waals surface area contributed by atoms with Crippen molar-refractivity contribution in [2.24, 2.45) is 0 Å². The van der Waals surface area contributed by atoms with Crippen LogP contribution in [0, 0.1) is 0 Å². The highest BCUT2D eigenvalue weighted by Crippen LogP contribution is 2.37. The van der Waals surface area contributed by atoms with Gasteiger partial charge in [-0.05, 0) is 42.0 Å². The average molecular weight is 361 g/mol. The van der Waals surface area contributed by atoms with Crippen molar-refractivity contribution in [2.45, 2.75) is 6.54 Å². The minimum atomic E-state index is -0.0293. The number of hydrogen-bond acceptors (Lipinski definition) is 4. The molecule has 1 aromatic heterocycles. The van der Waals surface area contributed by atoms with Crippen LogP contribution in [0.1, 0.15) is 5.56 Å². The van der Waals surface area contributed by atoms with Gasteiger partial charge in [-0.25, -0.2) is 0 Å². The van der Waals surface area contributed by atoms with Crippen LogP contribution in [0.4, 0.5) is 0 Å². The van der Waals surface area contributed by atoms with Gasteiger partial charge in [0.1, 0.15) is 0 Å². The van der Waals surface area contributed by atoms with Crippen molar-refractivity contribution in [3.8, 4) is 17.2 Å². The van der Waals surface area contributed by atoms with E-state index in [9.17, 15) is 9.90 Å². The van der Waals surface area contributed by atoms with Crippen LogP contribution in [-0.2, 0) is 6.54 Å². The maximum Gasteiger partial charge on any atom is 0.200 e. The predicted molar refractivity (Wildman–Crippen MR) is 106 cm³/mol. The van der Waals surface area contributed by atoms with Gasteiger partial charge >= 0.3 is 0 Å². The Balaban J connectivity index is 1.99. The fourth-order valence-electron chi connectivity index (χ4n) is 3.47. The number of para-hydroxylation sites is 2. The maximum absolute atomic E-state index is 12.9. The van der Waals surface area contributed by atoms with Gasteiger partial charge < -0.3 is 19.1 Å². The van der Waals surface area contributed by atoms with Crippen molar-refractivity contribution in [1.29, 1.82) is 0 Å².